The van der Waals surface area contributed by atoms with Crippen molar-refractivity contribution >= 4 is 11.3 Å². The van der Waals surface area contributed by atoms with Crippen LogP contribution in [0.1, 0.15) is 27.2 Å². The predicted octanol–water partition coefficient (Wildman–Crippen LogP) is 6.88. The van der Waals surface area contributed by atoms with Crippen LogP contribution in [0.15, 0.2) is 72.9 Å². The topological polar surface area (TPSA) is 30.7 Å². The van der Waals surface area contributed by atoms with Crippen molar-refractivity contribution in [3.05, 3.63) is 95.3 Å². The fourth-order valence-corrected chi connectivity index (χ4v) is 3.51. The van der Waals surface area contributed by atoms with Gasteiger partial charge in [0, 0.05) is 17.3 Å². The number of rotatable bonds is 4. The smallest absolute Gasteiger partial charge is 0.416 e. The van der Waals surface area contributed by atoms with E-state index in [2.05, 4.69) is 0 Å². The van der Waals surface area contributed by atoms with Crippen LogP contribution in [0.2, 0.25) is 0 Å². The molecule has 9 heteroatoms. The van der Waals surface area contributed by atoms with E-state index < -0.39 is 29.3 Å². The number of hydrogen-bond acceptors (Lipinski definition) is 2. The SMILES string of the molecule is COc1ccc(C(=O)c2cc(-c3ccc(C(F)(F)F)cc3)c3cc(C(F)(F)F)ccn23)cc1. The number of alkyl halides is 6. The Morgan fingerprint density at radius 3 is 1.94 bits per heavy atom. The summed E-state index contributed by atoms with van der Waals surface area (Å²) in [5.74, 6) is 0.0532. The Morgan fingerprint density at radius 1 is 0.788 bits per heavy atom. The Bertz CT molecular complexity index is 1320. The molecule has 0 radical (unpaired) electrons. The second-order valence-corrected chi connectivity index (χ2v) is 7.24. The van der Waals surface area contributed by atoms with E-state index in [0.29, 0.717) is 5.75 Å². The van der Waals surface area contributed by atoms with Crippen molar-refractivity contribution in [1.29, 1.82) is 0 Å². The Labute approximate surface area is 183 Å². The molecule has 4 aromatic rings. The van der Waals surface area contributed by atoms with Crippen LogP contribution in [0.4, 0.5) is 26.3 Å². The molecule has 0 N–H and O–H groups in total. The summed E-state index contributed by atoms with van der Waals surface area (Å²) < 4.78 is 85.1. The van der Waals surface area contributed by atoms with Crippen molar-refractivity contribution in [2.24, 2.45) is 0 Å². The zero-order chi connectivity index (χ0) is 24.0. The first-order valence-electron chi connectivity index (χ1n) is 9.58. The van der Waals surface area contributed by atoms with Crippen LogP contribution in [0.25, 0.3) is 16.6 Å². The molecule has 0 amide bonds. The summed E-state index contributed by atoms with van der Waals surface area (Å²) in [6.07, 6.45) is -8.06. The summed E-state index contributed by atoms with van der Waals surface area (Å²) in [5, 5.41) is 0. The molecule has 0 bridgehead atoms. The highest BCUT2D eigenvalue weighted by Crippen LogP contribution is 2.36. The minimum atomic E-state index is -4.64. The lowest BCUT2D eigenvalue weighted by atomic mass is 10.0. The standard InChI is InChI=1S/C24H15F6NO2/c1-33-18-8-4-15(5-9-18)22(32)21-13-19(14-2-6-16(7-3-14)23(25,26)27)20-12-17(24(28,29)30)10-11-31(20)21/h2-13H,1H3. The molecule has 0 fully saturated rings. The summed E-state index contributed by atoms with van der Waals surface area (Å²) in [6.45, 7) is 0. The molecule has 2 aromatic carbocycles. The zero-order valence-corrected chi connectivity index (χ0v) is 17.0. The number of ether oxygens (including phenoxy) is 1. The maximum Gasteiger partial charge on any atom is 0.416 e. The molecule has 2 heterocycles. The van der Waals surface area contributed by atoms with Crippen LogP contribution in [0.3, 0.4) is 0 Å². The van der Waals surface area contributed by atoms with Crippen molar-refractivity contribution in [3.8, 4) is 16.9 Å². The van der Waals surface area contributed by atoms with Gasteiger partial charge in [0.25, 0.3) is 0 Å². The summed E-state index contributed by atoms with van der Waals surface area (Å²) >= 11 is 0. The number of hydrogen-bond donors (Lipinski definition) is 0. The number of carbonyl (C=O) groups is 1. The van der Waals surface area contributed by atoms with E-state index in [1.54, 1.807) is 12.1 Å². The first kappa shape index (κ1) is 22.4. The number of ketones is 1. The third kappa shape index (κ3) is 4.30. The van der Waals surface area contributed by atoms with Gasteiger partial charge in [0.15, 0.2) is 0 Å². The van der Waals surface area contributed by atoms with E-state index in [1.165, 1.54) is 41.8 Å². The Balaban J connectivity index is 1.89. The van der Waals surface area contributed by atoms with Crippen molar-refractivity contribution in [3.63, 3.8) is 0 Å². The van der Waals surface area contributed by atoms with Crippen molar-refractivity contribution in [2.75, 3.05) is 7.11 Å². The number of aromatic nitrogens is 1. The Kier molecular flexibility index (Phi) is 5.43. The molecule has 0 unspecified atom stereocenters. The van der Waals surface area contributed by atoms with E-state index in [9.17, 15) is 31.1 Å². The number of nitrogens with zero attached hydrogens (tertiary/aromatic N) is 1. The maximum atomic E-state index is 13.3. The fourth-order valence-electron chi connectivity index (χ4n) is 3.51. The Hall–Kier alpha value is -3.75. The van der Waals surface area contributed by atoms with E-state index in [0.717, 1.165) is 30.5 Å². The first-order valence-corrected chi connectivity index (χ1v) is 9.58. The largest absolute Gasteiger partial charge is 0.497 e. The van der Waals surface area contributed by atoms with Crippen LogP contribution in [0.5, 0.6) is 5.75 Å². The van der Waals surface area contributed by atoms with Gasteiger partial charge in [-0.25, -0.2) is 0 Å². The molecule has 33 heavy (non-hydrogen) atoms. The molecule has 0 atom stereocenters. The molecule has 0 saturated heterocycles. The molecule has 2 aromatic heterocycles. The van der Waals surface area contributed by atoms with Crippen LogP contribution < -0.4 is 4.74 Å². The molecule has 0 aliphatic carbocycles. The lowest BCUT2D eigenvalue weighted by molar-refractivity contribution is -0.138. The van der Waals surface area contributed by atoms with Crippen LogP contribution in [0, 0.1) is 0 Å². The number of pyridine rings is 1. The molecule has 0 saturated carbocycles. The fraction of sp³-hybridized carbons (Fsp3) is 0.125. The van der Waals surface area contributed by atoms with Crippen molar-refractivity contribution < 1.29 is 35.9 Å². The second kappa shape index (κ2) is 7.99. The molecule has 0 spiro atoms. The van der Waals surface area contributed by atoms with Crippen LogP contribution >= 0.6 is 0 Å². The molecule has 3 nitrogen and oxygen atoms in total. The third-order valence-corrected chi connectivity index (χ3v) is 5.21. The van der Waals surface area contributed by atoms with Crippen LogP contribution in [-0.4, -0.2) is 17.3 Å². The average molecular weight is 463 g/mol. The van der Waals surface area contributed by atoms with Crippen molar-refractivity contribution in [2.45, 2.75) is 12.4 Å². The molecule has 4 rings (SSSR count). The van der Waals surface area contributed by atoms with Gasteiger partial charge < -0.3 is 9.14 Å². The predicted molar refractivity (Wildman–Crippen MR) is 109 cm³/mol. The van der Waals surface area contributed by atoms with Gasteiger partial charge in [0.2, 0.25) is 5.78 Å². The summed E-state index contributed by atoms with van der Waals surface area (Å²) in [4.78, 5) is 13.1. The highest BCUT2D eigenvalue weighted by Gasteiger charge is 2.32. The summed E-state index contributed by atoms with van der Waals surface area (Å²) in [6, 6.07) is 13.3. The monoisotopic (exact) mass is 463 g/mol. The molecular formula is C24H15F6NO2. The van der Waals surface area contributed by atoms with Gasteiger partial charge in [-0.3, -0.25) is 4.79 Å². The van der Waals surface area contributed by atoms with E-state index in [4.69, 9.17) is 4.74 Å². The van der Waals surface area contributed by atoms with Gasteiger partial charge in [-0.15, -0.1) is 0 Å². The lowest BCUT2D eigenvalue weighted by Crippen LogP contribution is -2.08. The van der Waals surface area contributed by atoms with E-state index in [-0.39, 0.29) is 27.9 Å². The quantitative estimate of drug-likeness (QED) is 0.244. The summed E-state index contributed by atoms with van der Waals surface area (Å²) in [7, 11) is 1.46. The number of carbonyl (C=O) groups excluding carboxylic acids is 1. The normalized spacial score (nSPS) is 12.2. The third-order valence-electron chi connectivity index (χ3n) is 5.21. The second-order valence-electron chi connectivity index (χ2n) is 7.24. The zero-order valence-electron chi connectivity index (χ0n) is 17.0. The van der Waals surface area contributed by atoms with Gasteiger partial charge in [-0.05, 0) is 60.2 Å². The molecule has 0 aliphatic heterocycles. The van der Waals surface area contributed by atoms with Gasteiger partial charge in [-0.2, -0.15) is 26.3 Å². The van der Waals surface area contributed by atoms with Gasteiger partial charge in [0.1, 0.15) is 5.75 Å². The lowest BCUT2D eigenvalue weighted by Gasteiger charge is -2.10. The van der Waals surface area contributed by atoms with Gasteiger partial charge in [0.05, 0.1) is 29.4 Å². The highest BCUT2D eigenvalue weighted by atomic mass is 19.4. The number of methoxy groups -OCH3 is 1. The van der Waals surface area contributed by atoms with Crippen molar-refractivity contribution in [1.82, 2.24) is 4.40 Å². The minimum absolute atomic E-state index is 0.0430. The van der Waals surface area contributed by atoms with Crippen LogP contribution in [-0.2, 0) is 12.4 Å². The summed E-state index contributed by atoms with van der Waals surface area (Å²) in [5.41, 5.74) is -1.00. The number of benzene rings is 2. The molecule has 0 aliphatic rings. The highest BCUT2D eigenvalue weighted by molar-refractivity contribution is 6.10. The maximum absolute atomic E-state index is 13.3. The average Bonchev–Trinajstić information content (AvgIpc) is 3.16. The number of halogens is 6. The minimum Gasteiger partial charge on any atom is -0.497 e. The molecular weight excluding hydrogens is 448 g/mol. The van der Waals surface area contributed by atoms with E-state index in [1.807, 2.05) is 0 Å². The first-order chi connectivity index (χ1) is 15.5. The number of fused-ring (bicyclic) bond motifs is 1. The Morgan fingerprint density at radius 2 is 1.39 bits per heavy atom. The van der Waals surface area contributed by atoms with Gasteiger partial charge >= 0.3 is 12.4 Å². The van der Waals surface area contributed by atoms with E-state index >= 15 is 0 Å². The molecule has 170 valence electrons. The van der Waals surface area contributed by atoms with Gasteiger partial charge in [-0.1, -0.05) is 12.1 Å².